The molecule has 146 valence electrons. The first-order valence-corrected chi connectivity index (χ1v) is 9.86. The molecule has 1 saturated heterocycles. The third-order valence-corrected chi connectivity index (χ3v) is 5.12. The molecule has 4 rings (SSSR count). The summed E-state index contributed by atoms with van der Waals surface area (Å²) in [6.45, 7) is 4.61. The van der Waals surface area contributed by atoms with Crippen LogP contribution in [0.2, 0.25) is 0 Å². The van der Waals surface area contributed by atoms with E-state index in [1.807, 2.05) is 24.3 Å². The maximum Gasteiger partial charge on any atom is 0.244 e. The average molecular weight is 378 g/mol. The normalized spacial score (nSPS) is 19.4. The fraction of sp³-hybridized carbons (Fsp3) is 0.348. The molecule has 1 N–H and O–H groups in total. The molecule has 28 heavy (non-hydrogen) atoms. The fourth-order valence-electron chi connectivity index (χ4n) is 3.64. The predicted molar refractivity (Wildman–Crippen MR) is 109 cm³/mol. The van der Waals surface area contributed by atoms with Gasteiger partial charge in [0, 0.05) is 38.7 Å². The van der Waals surface area contributed by atoms with Gasteiger partial charge in [-0.1, -0.05) is 36.4 Å². The van der Waals surface area contributed by atoms with E-state index in [9.17, 15) is 4.79 Å². The van der Waals surface area contributed by atoms with Gasteiger partial charge in [-0.2, -0.15) is 0 Å². The average Bonchev–Trinajstić information content (AvgIpc) is 3.20. The quantitative estimate of drug-likeness (QED) is 0.786. The number of benzene rings is 2. The van der Waals surface area contributed by atoms with Crippen molar-refractivity contribution >= 4 is 12.0 Å². The lowest BCUT2D eigenvalue weighted by molar-refractivity contribution is -0.117. The largest absolute Gasteiger partial charge is 0.493 e. The number of morpholine rings is 1. The highest BCUT2D eigenvalue weighted by Crippen LogP contribution is 2.26. The second-order valence-electron chi connectivity index (χ2n) is 7.26. The summed E-state index contributed by atoms with van der Waals surface area (Å²) < 4.78 is 11.3. The number of carbonyl (C=O) groups is 1. The van der Waals surface area contributed by atoms with Crippen LogP contribution in [0.15, 0.2) is 54.6 Å². The molecule has 0 spiro atoms. The van der Waals surface area contributed by atoms with E-state index >= 15 is 0 Å². The van der Waals surface area contributed by atoms with Gasteiger partial charge in [-0.05, 0) is 34.9 Å². The lowest BCUT2D eigenvalue weighted by Gasteiger charge is -2.33. The number of nitrogens with zero attached hydrogens (tertiary/aromatic N) is 1. The zero-order valence-electron chi connectivity index (χ0n) is 16.0. The molecule has 0 saturated carbocycles. The molecule has 5 nitrogen and oxygen atoms in total. The number of ether oxygens (including phenoxy) is 2. The Morgan fingerprint density at radius 1 is 1.18 bits per heavy atom. The minimum atomic E-state index is -0.0967. The highest BCUT2D eigenvalue weighted by molar-refractivity contribution is 5.91. The molecule has 2 aromatic carbocycles. The van der Waals surface area contributed by atoms with Gasteiger partial charge in [-0.15, -0.1) is 0 Å². The van der Waals surface area contributed by atoms with Crippen molar-refractivity contribution < 1.29 is 14.3 Å². The number of nitrogens with one attached hydrogen (secondary N) is 1. The zero-order valence-corrected chi connectivity index (χ0v) is 16.0. The number of hydrogen-bond acceptors (Lipinski definition) is 4. The van der Waals surface area contributed by atoms with Crippen molar-refractivity contribution in [2.75, 3.05) is 32.8 Å². The molecule has 0 radical (unpaired) electrons. The van der Waals surface area contributed by atoms with E-state index in [1.165, 1.54) is 11.1 Å². The first kappa shape index (κ1) is 18.7. The van der Waals surface area contributed by atoms with Crippen LogP contribution in [0.3, 0.4) is 0 Å². The molecule has 0 bridgehead atoms. The number of hydrogen-bond donors (Lipinski definition) is 1. The summed E-state index contributed by atoms with van der Waals surface area (Å²) in [5.41, 5.74) is 3.52. The third kappa shape index (κ3) is 5.00. The zero-order chi connectivity index (χ0) is 19.2. The molecule has 5 heteroatoms. The van der Waals surface area contributed by atoms with Crippen LogP contribution in [0, 0.1) is 0 Å². The molecule has 0 aliphatic carbocycles. The van der Waals surface area contributed by atoms with E-state index in [2.05, 4.69) is 40.5 Å². The van der Waals surface area contributed by atoms with E-state index < -0.39 is 0 Å². The van der Waals surface area contributed by atoms with Crippen LogP contribution < -0.4 is 10.1 Å². The first-order chi connectivity index (χ1) is 13.8. The monoisotopic (exact) mass is 378 g/mol. The minimum Gasteiger partial charge on any atom is -0.493 e. The minimum absolute atomic E-state index is 0.0203. The Bertz CT molecular complexity index is 835. The van der Waals surface area contributed by atoms with Gasteiger partial charge in [0.1, 0.15) is 5.75 Å². The summed E-state index contributed by atoms with van der Waals surface area (Å²) in [7, 11) is 0. The molecule has 2 heterocycles. The molecule has 2 aliphatic heterocycles. The van der Waals surface area contributed by atoms with Crippen molar-refractivity contribution in [3.8, 4) is 5.75 Å². The Kier molecular flexibility index (Phi) is 6.04. The van der Waals surface area contributed by atoms with Gasteiger partial charge in [-0.3, -0.25) is 9.69 Å². The Labute approximate surface area is 165 Å². The highest BCUT2D eigenvalue weighted by Gasteiger charge is 2.20. The summed E-state index contributed by atoms with van der Waals surface area (Å²) in [6.07, 6.45) is 4.38. The van der Waals surface area contributed by atoms with Gasteiger partial charge in [0.15, 0.2) is 0 Å². The van der Waals surface area contributed by atoms with Crippen LogP contribution in [-0.4, -0.2) is 49.8 Å². The van der Waals surface area contributed by atoms with Crippen molar-refractivity contribution in [3.63, 3.8) is 0 Å². The molecule has 1 unspecified atom stereocenters. The fourth-order valence-corrected chi connectivity index (χ4v) is 3.64. The number of rotatable bonds is 6. The molecule has 1 amide bonds. The van der Waals surface area contributed by atoms with Crippen molar-refractivity contribution in [2.24, 2.45) is 0 Å². The summed E-state index contributed by atoms with van der Waals surface area (Å²) in [5, 5.41) is 2.96. The number of carbonyl (C=O) groups excluding carboxylic acids is 1. The van der Waals surface area contributed by atoms with Crippen molar-refractivity contribution in [1.29, 1.82) is 0 Å². The Morgan fingerprint density at radius 3 is 2.96 bits per heavy atom. The van der Waals surface area contributed by atoms with Gasteiger partial charge in [0.25, 0.3) is 0 Å². The maximum absolute atomic E-state index is 12.2. The van der Waals surface area contributed by atoms with Gasteiger partial charge in [0.2, 0.25) is 5.91 Å². The lowest BCUT2D eigenvalue weighted by Crippen LogP contribution is -2.46. The number of fused-ring (bicyclic) bond motifs is 1. The summed E-state index contributed by atoms with van der Waals surface area (Å²) >= 11 is 0. The predicted octanol–water partition coefficient (Wildman–Crippen LogP) is 2.65. The number of amides is 1. The third-order valence-electron chi connectivity index (χ3n) is 5.12. The second kappa shape index (κ2) is 9.04. The SMILES string of the molecule is O=C(/C=C/c1ccc2c(c1)CCO2)NCC1CN(Cc2ccccc2)CCO1. The van der Waals surface area contributed by atoms with Gasteiger partial charge >= 0.3 is 0 Å². The van der Waals surface area contributed by atoms with E-state index in [1.54, 1.807) is 6.08 Å². The molecule has 0 aromatic heterocycles. The first-order valence-electron chi connectivity index (χ1n) is 9.86. The molecule has 1 fully saturated rings. The maximum atomic E-state index is 12.2. The molecule has 2 aliphatic rings. The lowest BCUT2D eigenvalue weighted by atomic mass is 10.1. The van der Waals surface area contributed by atoms with Crippen LogP contribution in [0.25, 0.3) is 6.08 Å². The van der Waals surface area contributed by atoms with E-state index in [0.717, 1.165) is 44.0 Å². The Balaban J connectivity index is 1.24. The Hall–Kier alpha value is -2.63. The van der Waals surface area contributed by atoms with Crippen LogP contribution in [-0.2, 0) is 22.5 Å². The van der Waals surface area contributed by atoms with Crippen LogP contribution in [0.4, 0.5) is 0 Å². The summed E-state index contributed by atoms with van der Waals surface area (Å²) in [4.78, 5) is 14.5. The second-order valence-corrected chi connectivity index (χ2v) is 7.26. The van der Waals surface area contributed by atoms with Gasteiger partial charge in [0.05, 0.1) is 19.3 Å². The van der Waals surface area contributed by atoms with E-state index in [0.29, 0.717) is 13.2 Å². The van der Waals surface area contributed by atoms with Crippen molar-refractivity contribution in [2.45, 2.75) is 19.1 Å². The topological polar surface area (TPSA) is 50.8 Å². The summed E-state index contributed by atoms with van der Waals surface area (Å²) in [6, 6.07) is 16.5. The highest BCUT2D eigenvalue weighted by atomic mass is 16.5. The standard InChI is InChI=1S/C23H26N2O3/c26-23(9-7-18-6-8-22-20(14-18)10-12-28-22)24-15-21-17-25(11-13-27-21)16-19-4-2-1-3-5-19/h1-9,14,21H,10-13,15-17H2,(H,24,26)/b9-7+. The smallest absolute Gasteiger partial charge is 0.244 e. The van der Waals surface area contributed by atoms with Crippen molar-refractivity contribution in [1.82, 2.24) is 10.2 Å². The van der Waals surface area contributed by atoms with Crippen LogP contribution in [0.1, 0.15) is 16.7 Å². The van der Waals surface area contributed by atoms with Crippen molar-refractivity contribution in [3.05, 3.63) is 71.3 Å². The Morgan fingerprint density at radius 2 is 2.07 bits per heavy atom. The molecule has 1 atom stereocenters. The molecule has 2 aromatic rings. The van der Waals surface area contributed by atoms with Gasteiger partial charge < -0.3 is 14.8 Å². The van der Waals surface area contributed by atoms with Crippen LogP contribution >= 0.6 is 0 Å². The van der Waals surface area contributed by atoms with E-state index in [4.69, 9.17) is 9.47 Å². The van der Waals surface area contributed by atoms with Crippen LogP contribution in [0.5, 0.6) is 5.75 Å². The molecular weight excluding hydrogens is 352 g/mol. The summed E-state index contributed by atoms with van der Waals surface area (Å²) in [5.74, 6) is 0.858. The molecular formula is C23H26N2O3. The van der Waals surface area contributed by atoms with Gasteiger partial charge in [-0.25, -0.2) is 0 Å². The van der Waals surface area contributed by atoms with E-state index in [-0.39, 0.29) is 12.0 Å².